The molecule has 2 aromatic rings. The molecular weight excluding hydrogens is 405 g/mol. The molecule has 6 heteroatoms. The fourth-order valence-electron chi connectivity index (χ4n) is 3.52. The number of hydrogen-bond donors (Lipinski definition) is 2. The lowest BCUT2D eigenvalue weighted by Crippen LogP contribution is -2.41. The topological polar surface area (TPSA) is 58.4 Å². The minimum absolute atomic E-state index is 0. The van der Waals surface area contributed by atoms with E-state index in [0.29, 0.717) is 13.0 Å². The summed E-state index contributed by atoms with van der Waals surface area (Å²) in [5.41, 5.74) is 9.55. The second-order valence-corrected chi connectivity index (χ2v) is 7.79. The van der Waals surface area contributed by atoms with Gasteiger partial charge in [-0.2, -0.15) is 0 Å². The average molecular weight is 438 g/mol. The van der Waals surface area contributed by atoms with E-state index in [0.717, 1.165) is 23.6 Å². The molecule has 1 aliphatic rings. The first-order chi connectivity index (χ1) is 13.1. The Kier molecular flexibility index (Phi) is 11.3. The Morgan fingerprint density at radius 2 is 1.59 bits per heavy atom. The number of piperidine rings is 1. The monoisotopic (exact) mass is 437 g/mol. The third-order valence-corrected chi connectivity index (χ3v) is 5.41. The zero-order valence-corrected chi connectivity index (χ0v) is 18.7. The number of amides is 1. The highest BCUT2D eigenvalue weighted by Crippen LogP contribution is 2.18. The lowest BCUT2D eigenvalue weighted by molar-refractivity contribution is -0.122. The predicted molar refractivity (Wildman–Crippen MR) is 125 cm³/mol. The zero-order valence-electron chi connectivity index (χ0n) is 17.0. The maximum Gasteiger partial charge on any atom is 0.237 e. The largest absolute Gasteiger partial charge is 0.351 e. The van der Waals surface area contributed by atoms with Gasteiger partial charge >= 0.3 is 0 Å². The normalized spacial score (nSPS) is 15.7. The van der Waals surface area contributed by atoms with E-state index in [2.05, 4.69) is 41.4 Å². The van der Waals surface area contributed by atoms with Crippen molar-refractivity contribution in [2.75, 3.05) is 13.1 Å². The summed E-state index contributed by atoms with van der Waals surface area (Å²) in [7, 11) is 0. The summed E-state index contributed by atoms with van der Waals surface area (Å²) in [5, 5.41) is 2.95. The molecule has 1 amide bonds. The van der Waals surface area contributed by atoms with Crippen molar-refractivity contribution in [3.63, 3.8) is 0 Å². The fraction of sp³-hybridized carbons (Fsp3) is 0.435. The number of carbonyl (C=O) groups excluding carboxylic acids is 1. The summed E-state index contributed by atoms with van der Waals surface area (Å²) in [6.07, 6.45) is 3.15. The van der Waals surface area contributed by atoms with E-state index in [1.165, 1.54) is 31.5 Å². The summed E-state index contributed by atoms with van der Waals surface area (Å²) in [6, 6.07) is 17.9. The number of carbonyl (C=O) groups is 1. The van der Waals surface area contributed by atoms with E-state index in [-0.39, 0.29) is 30.7 Å². The molecule has 4 nitrogen and oxygen atoms in total. The van der Waals surface area contributed by atoms with Crippen LogP contribution in [0.4, 0.5) is 0 Å². The molecule has 29 heavy (non-hydrogen) atoms. The maximum absolute atomic E-state index is 12.2. The van der Waals surface area contributed by atoms with Crippen LogP contribution < -0.4 is 11.1 Å². The lowest BCUT2D eigenvalue weighted by atomic mass is 9.99. The van der Waals surface area contributed by atoms with E-state index >= 15 is 0 Å². The van der Waals surface area contributed by atoms with E-state index in [9.17, 15) is 4.79 Å². The Labute approximate surface area is 187 Å². The molecule has 1 unspecified atom stereocenters. The Morgan fingerprint density at radius 1 is 1.00 bits per heavy atom. The Bertz CT molecular complexity index is 717. The molecule has 1 heterocycles. The SMILES string of the molecule is CC1CCN(Cc2ccc(CNC(=O)C(N)Cc3ccccc3)cc2)CC1.Cl.Cl. The smallest absolute Gasteiger partial charge is 0.237 e. The Hall–Kier alpha value is -1.59. The van der Waals surface area contributed by atoms with Crippen LogP contribution in [0.3, 0.4) is 0 Å². The van der Waals surface area contributed by atoms with Crippen LogP contribution in [0.25, 0.3) is 0 Å². The van der Waals surface area contributed by atoms with Gasteiger partial charge in [0.2, 0.25) is 5.91 Å². The molecule has 2 aromatic carbocycles. The molecular formula is C23H33Cl2N3O. The van der Waals surface area contributed by atoms with Gasteiger partial charge in [-0.3, -0.25) is 9.69 Å². The first-order valence-corrected chi connectivity index (χ1v) is 9.97. The molecule has 1 atom stereocenters. The summed E-state index contributed by atoms with van der Waals surface area (Å²) in [4.78, 5) is 14.8. The van der Waals surface area contributed by atoms with Gasteiger partial charge in [0.15, 0.2) is 0 Å². The lowest BCUT2D eigenvalue weighted by Gasteiger charge is -2.30. The van der Waals surface area contributed by atoms with Gasteiger partial charge in [-0.15, -0.1) is 24.8 Å². The number of hydrogen-bond acceptors (Lipinski definition) is 3. The quantitative estimate of drug-likeness (QED) is 0.689. The van der Waals surface area contributed by atoms with Crippen LogP contribution in [0.5, 0.6) is 0 Å². The van der Waals surface area contributed by atoms with Crippen molar-refractivity contribution >= 4 is 30.7 Å². The molecule has 160 valence electrons. The van der Waals surface area contributed by atoms with Gasteiger partial charge in [0, 0.05) is 13.1 Å². The van der Waals surface area contributed by atoms with Crippen molar-refractivity contribution in [2.45, 2.75) is 45.3 Å². The van der Waals surface area contributed by atoms with Crippen molar-refractivity contribution < 1.29 is 4.79 Å². The molecule has 3 N–H and O–H groups in total. The number of nitrogens with zero attached hydrogens (tertiary/aromatic N) is 1. The second kappa shape index (κ2) is 12.9. The minimum Gasteiger partial charge on any atom is -0.351 e. The number of rotatable bonds is 7. The van der Waals surface area contributed by atoms with Crippen LogP contribution in [0.2, 0.25) is 0 Å². The van der Waals surface area contributed by atoms with Crippen molar-refractivity contribution in [3.8, 4) is 0 Å². The summed E-state index contributed by atoms with van der Waals surface area (Å²) < 4.78 is 0. The first kappa shape index (κ1) is 25.4. The van der Waals surface area contributed by atoms with E-state index in [4.69, 9.17) is 5.73 Å². The van der Waals surface area contributed by atoms with Crippen molar-refractivity contribution in [1.82, 2.24) is 10.2 Å². The highest BCUT2D eigenvalue weighted by Gasteiger charge is 2.16. The van der Waals surface area contributed by atoms with Gasteiger partial charge in [-0.05, 0) is 55.0 Å². The molecule has 0 spiro atoms. The Morgan fingerprint density at radius 3 is 2.21 bits per heavy atom. The summed E-state index contributed by atoms with van der Waals surface area (Å²) in [5.74, 6) is 0.755. The average Bonchev–Trinajstić information content (AvgIpc) is 2.69. The van der Waals surface area contributed by atoms with E-state index in [1.54, 1.807) is 0 Å². The number of benzene rings is 2. The van der Waals surface area contributed by atoms with Crippen LogP contribution in [0.1, 0.15) is 36.5 Å². The van der Waals surface area contributed by atoms with Gasteiger partial charge in [0.25, 0.3) is 0 Å². The molecule has 0 bridgehead atoms. The van der Waals surface area contributed by atoms with Crippen LogP contribution in [-0.2, 0) is 24.3 Å². The van der Waals surface area contributed by atoms with Gasteiger partial charge < -0.3 is 11.1 Å². The second-order valence-electron chi connectivity index (χ2n) is 7.79. The molecule has 3 rings (SSSR count). The molecule has 1 fully saturated rings. The van der Waals surface area contributed by atoms with Crippen molar-refractivity contribution in [1.29, 1.82) is 0 Å². The number of halogens is 2. The van der Waals surface area contributed by atoms with Gasteiger partial charge in [0.1, 0.15) is 0 Å². The van der Waals surface area contributed by atoms with Crippen LogP contribution >= 0.6 is 24.8 Å². The number of nitrogens with one attached hydrogen (secondary N) is 1. The maximum atomic E-state index is 12.2. The van der Waals surface area contributed by atoms with E-state index < -0.39 is 6.04 Å². The molecule has 0 aliphatic carbocycles. The van der Waals surface area contributed by atoms with Gasteiger partial charge in [-0.1, -0.05) is 61.5 Å². The van der Waals surface area contributed by atoms with Gasteiger partial charge in [0.05, 0.1) is 6.04 Å². The highest BCUT2D eigenvalue weighted by molar-refractivity contribution is 5.85. The first-order valence-electron chi connectivity index (χ1n) is 9.97. The fourth-order valence-corrected chi connectivity index (χ4v) is 3.52. The molecule has 1 saturated heterocycles. The molecule has 0 radical (unpaired) electrons. The third kappa shape index (κ3) is 8.35. The highest BCUT2D eigenvalue weighted by atomic mass is 35.5. The molecule has 1 aliphatic heterocycles. The number of nitrogens with two attached hydrogens (primary N) is 1. The van der Waals surface area contributed by atoms with Crippen LogP contribution in [0, 0.1) is 5.92 Å². The zero-order chi connectivity index (χ0) is 19.1. The third-order valence-electron chi connectivity index (χ3n) is 5.41. The van der Waals surface area contributed by atoms with Crippen LogP contribution in [0.15, 0.2) is 54.6 Å². The minimum atomic E-state index is -0.520. The number of likely N-dealkylation sites (tertiary alicyclic amines) is 1. The van der Waals surface area contributed by atoms with Crippen molar-refractivity contribution in [3.05, 3.63) is 71.3 Å². The molecule has 0 aromatic heterocycles. The molecule has 0 saturated carbocycles. The van der Waals surface area contributed by atoms with Gasteiger partial charge in [-0.25, -0.2) is 0 Å². The standard InChI is InChI=1S/C23H31N3O.2ClH/c1-18-11-13-26(14-12-18)17-21-9-7-20(8-10-21)16-25-23(27)22(24)15-19-5-3-2-4-6-19;;/h2-10,18,22H,11-17,24H2,1H3,(H,25,27);2*1H. The van der Waals surface area contributed by atoms with Crippen molar-refractivity contribution in [2.24, 2.45) is 11.7 Å². The van der Waals surface area contributed by atoms with Crippen LogP contribution in [-0.4, -0.2) is 29.9 Å². The Balaban J connectivity index is 0.00000210. The summed E-state index contributed by atoms with van der Waals surface area (Å²) >= 11 is 0. The summed E-state index contributed by atoms with van der Waals surface area (Å²) in [6.45, 7) is 6.26. The predicted octanol–water partition coefficient (Wildman–Crippen LogP) is 3.95. The van der Waals surface area contributed by atoms with E-state index in [1.807, 2.05) is 30.3 Å².